The van der Waals surface area contributed by atoms with Crippen LogP contribution in [0.15, 0.2) is 16.6 Å². The lowest BCUT2D eigenvalue weighted by Gasteiger charge is -2.35. The topological polar surface area (TPSA) is 44.5 Å². The van der Waals surface area contributed by atoms with E-state index in [1.165, 1.54) is 19.3 Å². The van der Waals surface area contributed by atoms with Gasteiger partial charge in [0, 0.05) is 12.0 Å². The highest BCUT2D eigenvalue weighted by molar-refractivity contribution is 9.10. The van der Waals surface area contributed by atoms with Gasteiger partial charge < -0.3 is 15.2 Å². The number of ether oxygens (including phenoxy) is 2. The van der Waals surface area contributed by atoms with Crippen molar-refractivity contribution in [1.29, 1.82) is 0 Å². The van der Waals surface area contributed by atoms with Crippen LogP contribution in [0.4, 0.5) is 0 Å². The Hall–Kier alpha value is -0.740. The van der Waals surface area contributed by atoms with Gasteiger partial charge in [-0.05, 0) is 40.4 Å². The molecule has 1 aromatic rings. The molecule has 0 spiro atoms. The van der Waals surface area contributed by atoms with Crippen molar-refractivity contribution in [3.63, 3.8) is 0 Å². The highest BCUT2D eigenvalue weighted by Gasteiger charge is 2.33. The van der Waals surface area contributed by atoms with E-state index in [0.29, 0.717) is 13.2 Å². The van der Waals surface area contributed by atoms with Gasteiger partial charge in [-0.15, -0.1) is 0 Å². The van der Waals surface area contributed by atoms with Crippen LogP contribution in [0.5, 0.6) is 11.5 Å². The average Bonchev–Trinajstić information content (AvgIpc) is 2.65. The Bertz CT molecular complexity index is 469. The van der Waals surface area contributed by atoms with Gasteiger partial charge >= 0.3 is 0 Å². The molecule has 0 saturated heterocycles. The molecule has 0 radical (unpaired) electrons. The summed E-state index contributed by atoms with van der Waals surface area (Å²) < 4.78 is 12.5. The summed E-state index contributed by atoms with van der Waals surface area (Å²) in [6.45, 7) is 1.42. The van der Waals surface area contributed by atoms with Crippen LogP contribution in [0.2, 0.25) is 0 Å². The summed E-state index contributed by atoms with van der Waals surface area (Å²) in [5, 5.41) is 0. The lowest BCUT2D eigenvalue weighted by molar-refractivity contribution is 0.292. The number of hydrogen-bond acceptors (Lipinski definition) is 3. The van der Waals surface area contributed by atoms with Crippen molar-refractivity contribution in [1.82, 2.24) is 0 Å². The van der Waals surface area contributed by atoms with Crippen LogP contribution < -0.4 is 15.2 Å². The van der Waals surface area contributed by atoms with Crippen LogP contribution >= 0.6 is 15.9 Å². The first kappa shape index (κ1) is 13.3. The molecule has 3 rings (SSSR count). The molecule has 2 aliphatic rings. The molecule has 3 nitrogen and oxygen atoms in total. The van der Waals surface area contributed by atoms with Gasteiger partial charge in [0.15, 0.2) is 11.5 Å². The van der Waals surface area contributed by atoms with Crippen molar-refractivity contribution >= 4 is 15.9 Å². The van der Waals surface area contributed by atoms with Crippen molar-refractivity contribution < 1.29 is 9.47 Å². The van der Waals surface area contributed by atoms with Crippen LogP contribution in [0.25, 0.3) is 0 Å². The van der Waals surface area contributed by atoms with Gasteiger partial charge in [0.05, 0.1) is 17.7 Å². The first-order chi connectivity index (χ1) is 9.21. The lowest BCUT2D eigenvalue weighted by atomic mass is 9.77. The van der Waals surface area contributed by atoms with Crippen molar-refractivity contribution in [2.75, 3.05) is 13.2 Å². The first-order valence-electron chi connectivity index (χ1n) is 7.08. The highest BCUT2D eigenvalue weighted by atomic mass is 79.9. The second-order valence-corrected chi connectivity index (χ2v) is 6.31. The zero-order chi connectivity index (χ0) is 13.3. The molecule has 4 heteroatoms. The third-order valence-corrected chi connectivity index (χ3v) is 4.92. The Kier molecular flexibility index (Phi) is 3.72. The average molecular weight is 326 g/mol. The smallest absolute Gasteiger partial charge is 0.175 e. The summed E-state index contributed by atoms with van der Waals surface area (Å²) in [6, 6.07) is 4.10. The highest BCUT2D eigenvalue weighted by Crippen LogP contribution is 2.45. The Morgan fingerprint density at radius 3 is 2.53 bits per heavy atom. The van der Waals surface area contributed by atoms with Gasteiger partial charge in [0.1, 0.15) is 0 Å². The third kappa shape index (κ3) is 2.48. The SMILES string of the molecule is NC1(c2ccc3c(c2Br)OCCCO3)CCCCC1. The molecule has 2 N–H and O–H groups in total. The van der Waals surface area contributed by atoms with Crippen LogP contribution in [-0.2, 0) is 5.54 Å². The summed E-state index contributed by atoms with van der Waals surface area (Å²) in [4.78, 5) is 0. The van der Waals surface area contributed by atoms with E-state index in [1.807, 2.05) is 6.07 Å². The Morgan fingerprint density at radius 2 is 1.74 bits per heavy atom. The predicted molar refractivity (Wildman–Crippen MR) is 78.7 cm³/mol. The van der Waals surface area contributed by atoms with E-state index in [0.717, 1.165) is 40.8 Å². The normalized spacial score (nSPS) is 21.8. The van der Waals surface area contributed by atoms with Crippen LogP contribution in [0.3, 0.4) is 0 Å². The number of fused-ring (bicyclic) bond motifs is 1. The number of rotatable bonds is 1. The molecule has 19 heavy (non-hydrogen) atoms. The van der Waals surface area contributed by atoms with E-state index in [1.54, 1.807) is 0 Å². The third-order valence-electron chi connectivity index (χ3n) is 4.14. The van der Waals surface area contributed by atoms with Gasteiger partial charge in [-0.3, -0.25) is 0 Å². The summed E-state index contributed by atoms with van der Waals surface area (Å²) in [7, 11) is 0. The van der Waals surface area contributed by atoms with Gasteiger partial charge in [0.25, 0.3) is 0 Å². The molecule has 0 atom stereocenters. The van der Waals surface area contributed by atoms with Crippen molar-refractivity contribution in [2.24, 2.45) is 5.73 Å². The van der Waals surface area contributed by atoms with Crippen molar-refractivity contribution in [2.45, 2.75) is 44.1 Å². The number of halogens is 1. The summed E-state index contributed by atoms with van der Waals surface area (Å²) >= 11 is 3.69. The Balaban J connectivity index is 2.00. The van der Waals surface area contributed by atoms with Gasteiger partial charge in [0.2, 0.25) is 0 Å². The molecule has 104 valence electrons. The molecule has 1 aliphatic heterocycles. The Labute approximate surface area is 122 Å². The van der Waals surface area contributed by atoms with Gasteiger partial charge in [-0.2, -0.15) is 0 Å². The molecule has 0 unspecified atom stereocenters. The van der Waals surface area contributed by atoms with Crippen molar-refractivity contribution in [3.05, 3.63) is 22.2 Å². The molecule has 1 heterocycles. The summed E-state index contributed by atoms with van der Waals surface area (Å²) in [5.41, 5.74) is 7.57. The zero-order valence-corrected chi connectivity index (χ0v) is 12.7. The maximum Gasteiger partial charge on any atom is 0.175 e. The molecule has 1 fully saturated rings. The molecule has 1 aliphatic carbocycles. The number of hydrogen-bond donors (Lipinski definition) is 1. The molecular weight excluding hydrogens is 306 g/mol. The molecule has 0 bridgehead atoms. The molecule has 0 aromatic heterocycles. The molecule has 1 saturated carbocycles. The van der Waals surface area contributed by atoms with E-state index in [4.69, 9.17) is 15.2 Å². The van der Waals surface area contributed by atoms with Crippen LogP contribution in [0, 0.1) is 0 Å². The zero-order valence-electron chi connectivity index (χ0n) is 11.1. The minimum atomic E-state index is -0.220. The maximum absolute atomic E-state index is 6.63. The largest absolute Gasteiger partial charge is 0.490 e. The molecule has 0 amide bonds. The van der Waals surface area contributed by atoms with Crippen LogP contribution in [-0.4, -0.2) is 13.2 Å². The Morgan fingerprint density at radius 1 is 1.00 bits per heavy atom. The molecule has 1 aromatic carbocycles. The van der Waals surface area contributed by atoms with Gasteiger partial charge in [-0.1, -0.05) is 25.3 Å². The van der Waals surface area contributed by atoms with E-state index < -0.39 is 0 Å². The number of nitrogens with two attached hydrogens (primary N) is 1. The fraction of sp³-hybridized carbons (Fsp3) is 0.600. The lowest BCUT2D eigenvalue weighted by Crippen LogP contribution is -2.39. The monoisotopic (exact) mass is 325 g/mol. The number of benzene rings is 1. The maximum atomic E-state index is 6.63. The van der Waals surface area contributed by atoms with Crippen LogP contribution in [0.1, 0.15) is 44.1 Å². The van der Waals surface area contributed by atoms with E-state index in [9.17, 15) is 0 Å². The second kappa shape index (κ2) is 5.33. The second-order valence-electron chi connectivity index (χ2n) is 5.52. The first-order valence-corrected chi connectivity index (χ1v) is 7.87. The van der Waals surface area contributed by atoms with E-state index in [-0.39, 0.29) is 5.54 Å². The standard InChI is InChI=1S/C15H20BrNO2/c16-13-11(15(17)7-2-1-3-8-15)5-6-12-14(13)19-10-4-9-18-12/h5-6H,1-4,7-10,17H2. The minimum Gasteiger partial charge on any atom is -0.490 e. The predicted octanol–water partition coefficient (Wildman–Crippen LogP) is 3.73. The van der Waals surface area contributed by atoms with Gasteiger partial charge in [-0.25, -0.2) is 0 Å². The van der Waals surface area contributed by atoms with E-state index in [2.05, 4.69) is 22.0 Å². The minimum absolute atomic E-state index is 0.220. The van der Waals surface area contributed by atoms with Crippen molar-refractivity contribution in [3.8, 4) is 11.5 Å². The van der Waals surface area contributed by atoms with E-state index >= 15 is 0 Å². The fourth-order valence-electron chi connectivity index (χ4n) is 3.04. The fourth-order valence-corrected chi connectivity index (χ4v) is 3.88. The summed E-state index contributed by atoms with van der Waals surface area (Å²) in [5.74, 6) is 1.65. The molecular formula is C15H20BrNO2. The quantitative estimate of drug-likeness (QED) is 0.855. The summed E-state index contributed by atoms with van der Waals surface area (Å²) in [6.07, 6.45) is 6.72.